The third-order valence-electron chi connectivity index (χ3n) is 4.14. The number of carbonyl (C=O) groups excluding carboxylic acids is 1. The molecule has 2 aromatic carbocycles. The second-order valence-corrected chi connectivity index (χ2v) is 7.85. The van der Waals surface area contributed by atoms with Crippen molar-refractivity contribution in [3.8, 4) is 11.3 Å². The summed E-state index contributed by atoms with van der Waals surface area (Å²) in [5, 5.41) is 2.74. The summed E-state index contributed by atoms with van der Waals surface area (Å²) in [6.07, 6.45) is -3.10. The van der Waals surface area contributed by atoms with Crippen LogP contribution in [0.15, 0.2) is 65.8 Å². The highest BCUT2D eigenvalue weighted by Gasteiger charge is 2.30. The van der Waals surface area contributed by atoms with Crippen molar-refractivity contribution in [1.82, 2.24) is 19.6 Å². The third kappa shape index (κ3) is 6.76. The average Bonchev–Trinajstić information content (AvgIpc) is 2.73. The number of carbonyl (C=O) groups is 1. The van der Waals surface area contributed by atoms with Gasteiger partial charge in [-0.25, -0.2) is 18.7 Å². The Kier molecular flexibility index (Phi) is 7.24. The lowest BCUT2D eigenvalue weighted by atomic mass is 10.1. The van der Waals surface area contributed by atoms with E-state index in [1.54, 1.807) is 29.6 Å². The summed E-state index contributed by atoms with van der Waals surface area (Å²) < 4.78 is 52.8. The van der Waals surface area contributed by atoms with Crippen LogP contribution in [0.3, 0.4) is 0 Å². The van der Waals surface area contributed by atoms with E-state index in [1.807, 2.05) is 0 Å². The van der Waals surface area contributed by atoms with Crippen molar-refractivity contribution in [2.75, 3.05) is 13.6 Å². The van der Waals surface area contributed by atoms with Crippen molar-refractivity contribution in [2.24, 2.45) is 0 Å². The molecular formula is C21H18F4N4OS. The smallest absolute Gasteiger partial charge is 0.349 e. The van der Waals surface area contributed by atoms with Crippen LogP contribution in [0.1, 0.15) is 11.3 Å². The van der Waals surface area contributed by atoms with E-state index >= 15 is 0 Å². The second-order valence-electron chi connectivity index (χ2n) is 6.58. The molecule has 0 aliphatic rings. The van der Waals surface area contributed by atoms with Crippen LogP contribution in [0, 0.1) is 5.82 Å². The number of halogens is 4. The van der Waals surface area contributed by atoms with Gasteiger partial charge in [0.1, 0.15) is 12.1 Å². The van der Waals surface area contributed by atoms with Crippen LogP contribution in [0.25, 0.3) is 11.3 Å². The number of hydrogen-bond donors (Lipinski definition) is 1. The molecule has 31 heavy (non-hydrogen) atoms. The first kappa shape index (κ1) is 22.7. The maximum Gasteiger partial charge on any atom is 0.416 e. The predicted octanol–water partition coefficient (Wildman–Crippen LogP) is 4.56. The summed E-state index contributed by atoms with van der Waals surface area (Å²) in [4.78, 5) is 21.2. The summed E-state index contributed by atoms with van der Waals surface area (Å²) >= 11 is 1.30. The van der Waals surface area contributed by atoms with Crippen molar-refractivity contribution in [3.63, 3.8) is 0 Å². The molecule has 3 aromatic rings. The lowest BCUT2D eigenvalue weighted by molar-refractivity contribution is -0.137. The molecule has 1 amide bonds. The average molecular weight is 450 g/mol. The molecule has 1 heterocycles. The lowest BCUT2D eigenvalue weighted by Gasteiger charge is -2.15. The molecule has 0 aliphatic heterocycles. The SMILES string of the molecule is CN(CC(=O)NCc1cc(-c2ccc(C(F)(F)F)cc2)ncn1)Sc1ccc(F)cc1. The molecule has 1 aromatic heterocycles. The van der Waals surface area contributed by atoms with Crippen LogP contribution in [-0.2, 0) is 17.5 Å². The molecule has 162 valence electrons. The molecule has 0 fully saturated rings. The van der Waals surface area contributed by atoms with E-state index in [0.29, 0.717) is 17.0 Å². The summed E-state index contributed by atoms with van der Waals surface area (Å²) in [5.74, 6) is -0.572. The molecule has 0 bridgehead atoms. The molecule has 0 atom stereocenters. The third-order valence-corrected chi connectivity index (χ3v) is 5.06. The quantitative estimate of drug-likeness (QED) is 0.423. The summed E-state index contributed by atoms with van der Waals surface area (Å²) in [6, 6.07) is 12.2. The van der Waals surface area contributed by atoms with Gasteiger partial charge < -0.3 is 5.32 Å². The predicted molar refractivity (Wildman–Crippen MR) is 109 cm³/mol. The second kappa shape index (κ2) is 9.88. The van der Waals surface area contributed by atoms with Gasteiger partial charge in [0, 0.05) is 10.5 Å². The molecule has 0 aliphatic carbocycles. The zero-order valence-electron chi connectivity index (χ0n) is 16.4. The van der Waals surface area contributed by atoms with Gasteiger partial charge in [-0.05, 0) is 61.5 Å². The van der Waals surface area contributed by atoms with Crippen molar-refractivity contribution in [2.45, 2.75) is 17.6 Å². The van der Waals surface area contributed by atoms with Crippen LogP contribution < -0.4 is 5.32 Å². The van der Waals surface area contributed by atoms with Gasteiger partial charge in [-0.15, -0.1) is 0 Å². The van der Waals surface area contributed by atoms with Crippen molar-refractivity contribution in [3.05, 3.63) is 78.0 Å². The number of hydrogen-bond acceptors (Lipinski definition) is 5. The molecular weight excluding hydrogens is 432 g/mol. The number of nitrogens with zero attached hydrogens (tertiary/aromatic N) is 3. The highest BCUT2D eigenvalue weighted by Crippen LogP contribution is 2.30. The molecule has 0 spiro atoms. The molecule has 10 heteroatoms. The minimum atomic E-state index is -4.40. The number of nitrogens with one attached hydrogen (secondary N) is 1. The zero-order valence-corrected chi connectivity index (χ0v) is 17.2. The van der Waals surface area contributed by atoms with Crippen molar-refractivity contribution < 1.29 is 22.4 Å². The fourth-order valence-electron chi connectivity index (χ4n) is 2.64. The maximum atomic E-state index is 13.0. The Hall–Kier alpha value is -2.98. The Bertz CT molecular complexity index is 1030. The van der Waals surface area contributed by atoms with E-state index in [1.165, 1.54) is 42.5 Å². The lowest BCUT2D eigenvalue weighted by Crippen LogP contribution is -2.32. The van der Waals surface area contributed by atoms with E-state index in [-0.39, 0.29) is 24.8 Å². The Morgan fingerprint density at radius 1 is 1.06 bits per heavy atom. The van der Waals surface area contributed by atoms with Crippen LogP contribution in [0.2, 0.25) is 0 Å². The van der Waals surface area contributed by atoms with Crippen LogP contribution in [0.4, 0.5) is 17.6 Å². The monoisotopic (exact) mass is 450 g/mol. The molecule has 5 nitrogen and oxygen atoms in total. The Labute approximate surface area is 180 Å². The number of alkyl halides is 3. The minimum absolute atomic E-state index is 0.0961. The summed E-state index contributed by atoms with van der Waals surface area (Å²) in [6.45, 7) is 0.239. The fourth-order valence-corrected chi connectivity index (χ4v) is 3.44. The van der Waals surface area contributed by atoms with E-state index in [9.17, 15) is 22.4 Å². The highest BCUT2D eigenvalue weighted by molar-refractivity contribution is 7.97. The molecule has 3 rings (SSSR count). The van der Waals surface area contributed by atoms with Crippen LogP contribution in [-0.4, -0.2) is 33.8 Å². The molecule has 0 saturated heterocycles. The Morgan fingerprint density at radius 2 is 1.74 bits per heavy atom. The first-order valence-electron chi connectivity index (χ1n) is 9.10. The van der Waals surface area contributed by atoms with E-state index in [2.05, 4.69) is 15.3 Å². The summed E-state index contributed by atoms with van der Waals surface area (Å²) in [5.41, 5.74) is 0.753. The van der Waals surface area contributed by atoms with Gasteiger partial charge >= 0.3 is 6.18 Å². The van der Waals surface area contributed by atoms with Gasteiger partial charge in [0.15, 0.2) is 0 Å². The Balaban J connectivity index is 1.54. The van der Waals surface area contributed by atoms with Crippen LogP contribution in [0.5, 0.6) is 0 Å². The van der Waals surface area contributed by atoms with Gasteiger partial charge in [-0.2, -0.15) is 13.2 Å². The molecule has 0 radical (unpaired) electrons. The van der Waals surface area contributed by atoms with E-state index < -0.39 is 11.7 Å². The number of rotatable bonds is 7. The minimum Gasteiger partial charge on any atom is -0.349 e. The standard InChI is InChI=1S/C21H18F4N4OS/c1-29(31-18-8-6-16(22)7-9-18)12-20(30)26-11-17-10-19(28-13-27-17)14-2-4-15(5-3-14)21(23,24)25/h2-10,13H,11-12H2,1H3,(H,26,30). The molecule has 0 saturated carbocycles. The number of benzene rings is 2. The fraction of sp³-hybridized carbons (Fsp3) is 0.190. The van der Waals surface area contributed by atoms with Gasteiger partial charge in [0.25, 0.3) is 0 Å². The largest absolute Gasteiger partial charge is 0.416 e. The van der Waals surface area contributed by atoms with Gasteiger partial charge in [-0.1, -0.05) is 12.1 Å². The van der Waals surface area contributed by atoms with E-state index in [0.717, 1.165) is 17.0 Å². The maximum absolute atomic E-state index is 13.0. The normalized spacial score (nSPS) is 11.5. The molecule has 0 unspecified atom stereocenters. The highest BCUT2D eigenvalue weighted by atomic mass is 32.2. The zero-order chi connectivity index (χ0) is 22.4. The Morgan fingerprint density at radius 3 is 2.39 bits per heavy atom. The van der Waals surface area contributed by atoms with Gasteiger partial charge in [0.2, 0.25) is 5.91 Å². The number of likely N-dealkylation sites (N-methyl/N-ethyl adjacent to an activating group) is 1. The van der Waals surface area contributed by atoms with Crippen LogP contribution >= 0.6 is 11.9 Å². The van der Waals surface area contributed by atoms with Crippen molar-refractivity contribution >= 4 is 17.9 Å². The molecule has 1 N–H and O–H groups in total. The van der Waals surface area contributed by atoms with Crippen molar-refractivity contribution in [1.29, 1.82) is 0 Å². The topological polar surface area (TPSA) is 58.1 Å². The first-order chi connectivity index (χ1) is 14.7. The number of amides is 1. The summed E-state index contributed by atoms with van der Waals surface area (Å²) in [7, 11) is 1.74. The van der Waals surface area contributed by atoms with Gasteiger partial charge in [0.05, 0.1) is 30.0 Å². The number of aromatic nitrogens is 2. The van der Waals surface area contributed by atoms with Gasteiger partial charge in [-0.3, -0.25) is 4.79 Å². The van der Waals surface area contributed by atoms with E-state index in [4.69, 9.17) is 0 Å². The first-order valence-corrected chi connectivity index (χ1v) is 9.88.